The fourth-order valence-electron chi connectivity index (χ4n) is 4.50. The molecule has 0 aliphatic heterocycles. The van der Waals surface area contributed by atoms with Crippen LogP contribution in [0.4, 0.5) is 0 Å². The molecule has 3 atom stereocenters. The number of halogens is 1. The normalized spacial score (nSPS) is 49.1. The zero-order valence-corrected chi connectivity index (χ0v) is 11.7. The van der Waals surface area contributed by atoms with Crippen LogP contribution in [-0.2, 0) is 4.79 Å². The monoisotopic (exact) mass is 301 g/mol. The minimum atomic E-state index is -0.405. The van der Waals surface area contributed by atoms with E-state index in [0.717, 1.165) is 19.3 Å². The highest BCUT2D eigenvalue weighted by Crippen LogP contribution is 2.55. The third kappa shape index (κ3) is 2.03. The second kappa shape index (κ2) is 3.95. The summed E-state index contributed by atoms with van der Waals surface area (Å²) in [5, 5.41) is 13.6. The Kier molecular flexibility index (Phi) is 2.78. The van der Waals surface area contributed by atoms with E-state index in [0.29, 0.717) is 23.8 Å². The van der Waals surface area contributed by atoms with Crippen molar-refractivity contribution in [1.82, 2.24) is 5.32 Å². The maximum atomic E-state index is 11.8. The van der Waals surface area contributed by atoms with Crippen LogP contribution in [0.2, 0.25) is 0 Å². The Morgan fingerprint density at radius 3 is 2.41 bits per heavy atom. The van der Waals surface area contributed by atoms with Gasteiger partial charge in [-0.05, 0) is 56.8 Å². The summed E-state index contributed by atoms with van der Waals surface area (Å²) in [6.45, 7) is 1.86. The highest BCUT2D eigenvalue weighted by Gasteiger charge is 2.55. The Morgan fingerprint density at radius 2 is 1.94 bits per heavy atom. The fourth-order valence-corrected chi connectivity index (χ4v) is 4.63. The van der Waals surface area contributed by atoms with E-state index >= 15 is 0 Å². The molecule has 4 saturated carbocycles. The van der Waals surface area contributed by atoms with Gasteiger partial charge in [-0.1, -0.05) is 15.9 Å². The van der Waals surface area contributed by atoms with E-state index in [1.54, 1.807) is 0 Å². The van der Waals surface area contributed by atoms with Crippen molar-refractivity contribution in [3.8, 4) is 0 Å². The molecule has 96 valence electrons. The molecule has 0 aromatic heterocycles. The molecule has 4 heteroatoms. The highest BCUT2D eigenvalue weighted by molar-refractivity contribution is 9.10. The molecule has 1 amide bonds. The molecule has 0 spiro atoms. The van der Waals surface area contributed by atoms with Gasteiger partial charge < -0.3 is 10.4 Å². The molecule has 4 bridgehead atoms. The van der Waals surface area contributed by atoms with Crippen molar-refractivity contribution in [2.75, 3.05) is 0 Å². The summed E-state index contributed by atoms with van der Waals surface area (Å²) < 4.78 is 0. The molecular weight excluding hydrogens is 282 g/mol. The Balaban J connectivity index is 1.74. The van der Waals surface area contributed by atoms with Crippen LogP contribution in [0.3, 0.4) is 0 Å². The average Bonchev–Trinajstić information content (AvgIpc) is 2.20. The van der Waals surface area contributed by atoms with Crippen LogP contribution in [0, 0.1) is 17.8 Å². The standard InChI is InChI=1S/C13H20BrNO2/c1-7(14)12(16)15-11-9-2-8-3-10(11)6-13(17,4-8)5-9/h7-11,17H,2-6H2,1H3,(H,15,16)/t7-,8?,9+,10+,11?,13?/m1/s1. The molecule has 0 aromatic rings. The SMILES string of the molecule is C[C@@H](Br)C(=O)NC1[C@H]2CC3C[C@H]1CC(O)(C3)C2. The van der Waals surface area contributed by atoms with Gasteiger partial charge in [0.15, 0.2) is 0 Å². The van der Waals surface area contributed by atoms with Gasteiger partial charge in [0, 0.05) is 6.04 Å². The minimum Gasteiger partial charge on any atom is -0.390 e. The lowest BCUT2D eigenvalue weighted by Gasteiger charge is -2.58. The highest BCUT2D eigenvalue weighted by atomic mass is 79.9. The van der Waals surface area contributed by atoms with Gasteiger partial charge in [-0.2, -0.15) is 0 Å². The molecule has 4 aliphatic carbocycles. The van der Waals surface area contributed by atoms with Crippen molar-refractivity contribution in [1.29, 1.82) is 0 Å². The van der Waals surface area contributed by atoms with Crippen LogP contribution in [0.5, 0.6) is 0 Å². The predicted molar refractivity (Wildman–Crippen MR) is 68.8 cm³/mol. The second-order valence-corrected chi connectivity index (χ2v) is 7.72. The first-order chi connectivity index (χ1) is 7.97. The van der Waals surface area contributed by atoms with E-state index < -0.39 is 5.60 Å². The van der Waals surface area contributed by atoms with Crippen LogP contribution in [-0.4, -0.2) is 27.5 Å². The second-order valence-electron chi connectivity index (χ2n) is 6.34. The van der Waals surface area contributed by atoms with E-state index in [2.05, 4.69) is 21.2 Å². The van der Waals surface area contributed by atoms with Crippen molar-refractivity contribution in [3.63, 3.8) is 0 Å². The van der Waals surface area contributed by atoms with Crippen LogP contribution < -0.4 is 5.32 Å². The quantitative estimate of drug-likeness (QED) is 0.765. The van der Waals surface area contributed by atoms with Crippen molar-refractivity contribution in [3.05, 3.63) is 0 Å². The van der Waals surface area contributed by atoms with Crippen LogP contribution in [0.1, 0.15) is 39.0 Å². The number of rotatable bonds is 2. The number of carbonyl (C=O) groups excluding carboxylic acids is 1. The Morgan fingerprint density at radius 1 is 1.35 bits per heavy atom. The maximum absolute atomic E-state index is 11.8. The van der Waals surface area contributed by atoms with Gasteiger partial charge in [0.2, 0.25) is 5.91 Å². The largest absolute Gasteiger partial charge is 0.390 e. The lowest BCUT2D eigenvalue weighted by atomic mass is 9.52. The topological polar surface area (TPSA) is 49.3 Å². The molecule has 0 unspecified atom stereocenters. The van der Waals surface area contributed by atoms with Crippen LogP contribution in [0.15, 0.2) is 0 Å². The summed E-state index contributed by atoms with van der Waals surface area (Å²) in [5.41, 5.74) is -0.405. The number of hydrogen-bond acceptors (Lipinski definition) is 2. The number of alkyl halides is 1. The van der Waals surface area contributed by atoms with E-state index in [4.69, 9.17) is 0 Å². The van der Waals surface area contributed by atoms with Crippen molar-refractivity contribution >= 4 is 21.8 Å². The first-order valence-electron chi connectivity index (χ1n) is 6.64. The zero-order chi connectivity index (χ0) is 12.2. The van der Waals surface area contributed by atoms with E-state index in [9.17, 15) is 9.90 Å². The van der Waals surface area contributed by atoms with Gasteiger partial charge in [0.25, 0.3) is 0 Å². The molecule has 4 rings (SSSR count). The molecule has 3 nitrogen and oxygen atoms in total. The summed E-state index contributed by atoms with van der Waals surface area (Å²) in [5.74, 6) is 1.80. The zero-order valence-electron chi connectivity index (χ0n) is 10.2. The summed E-state index contributed by atoms with van der Waals surface area (Å²) >= 11 is 3.32. The number of carbonyl (C=O) groups is 1. The van der Waals surface area contributed by atoms with E-state index in [-0.39, 0.29) is 10.7 Å². The fraction of sp³-hybridized carbons (Fsp3) is 0.923. The van der Waals surface area contributed by atoms with Crippen LogP contribution in [0.25, 0.3) is 0 Å². The Hall–Kier alpha value is -0.0900. The van der Waals surface area contributed by atoms with Crippen molar-refractivity contribution < 1.29 is 9.90 Å². The maximum Gasteiger partial charge on any atom is 0.233 e. The summed E-state index contributed by atoms with van der Waals surface area (Å²) in [7, 11) is 0. The van der Waals surface area contributed by atoms with Crippen LogP contribution >= 0.6 is 15.9 Å². The molecule has 0 aromatic carbocycles. The number of aliphatic hydroxyl groups is 1. The average molecular weight is 302 g/mol. The van der Waals surface area contributed by atoms with Crippen molar-refractivity contribution in [2.24, 2.45) is 17.8 Å². The molecule has 0 heterocycles. The molecular formula is C13H20BrNO2. The van der Waals surface area contributed by atoms with E-state index in [1.165, 1.54) is 12.8 Å². The van der Waals surface area contributed by atoms with Gasteiger partial charge >= 0.3 is 0 Å². The molecule has 0 radical (unpaired) electrons. The lowest BCUT2D eigenvalue weighted by Crippen LogP contribution is -2.62. The first kappa shape index (κ1) is 12.0. The lowest BCUT2D eigenvalue weighted by molar-refractivity contribution is -0.146. The Labute approximate surface area is 110 Å². The van der Waals surface area contributed by atoms with Crippen molar-refractivity contribution in [2.45, 2.75) is 55.5 Å². The van der Waals surface area contributed by atoms with Gasteiger partial charge in [0.05, 0.1) is 10.4 Å². The third-order valence-electron chi connectivity index (χ3n) is 4.91. The first-order valence-corrected chi connectivity index (χ1v) is 7.55. The smallest absolute Gasteiger partial charge is 0.233 e. The molecule has 4 aliphatic rings. The molecule has 2 N–H and O–H groups in total. The molecule has 17 heavy (non-hydrogen) atoms. The number of amides is 1. The summed E-state index contributed by atoms with van der Waals surface area (Å²) in [4.78, 5) is 11.7. The Bertz CT molecular complexity index is 328. The predicted octanol–water partition coefficient (Wildman–Crippen LogP) is 1.83. The van der Waals surface area contributed by atoms with Gasteiger partial charge in [-0.25, -0.2) is 0 Å². The van der Waals surface area contributed by atoms with Gasteiger partial charge in [-0.15, -0.1) is 0 Å². The minimum absolute atomic E-state index is 0.0921. The van der Waals surface area contributed by atoms with Gasteiger partial charge in [-0.3, -0.25) is 4.79 Å². The molecule has 0 saturated heterocycles. The number of nitrogens with one attached hydrogen (secondary N) is 1. The van der Waals surface area contributed by atoms with E-state index in [1.807, 2.05) is 6.92 Å². The molecule has 4 fully saturated rings. The number of hydrogen-bond donors (Lipinski definition) is 2. The van der Waals surface area contributed by atoms with Gasteiger partial charge in [0.1, 0.15) is 0 Å². The summed E-state index contributed by atoms with van der Waals surface area (Å²) in [6, 6.07) is 0.305. The summed E-state index contributed by atoms with van der Waals surface area (Å²) in [6.07, 6.45) is 5.17. The third-order valence-corrected chi connectivity index (χ3v) is 5.33.